The molecule has 0 aliphatic carbocycles. The van der Waals surface area contributed by atoms with E-state index >= 15 is 0 Å². The van der Waals surface area contributed by atoms with Gasteiger partial charge in [0.15, 0.2) is 0 Å². The van der Waals surface area contributed by atoms with E-state index in [-0.39, 0.29) is 18.3 Å². The van der Waals surface area contributed by atoms with Crippen molar-refractivity contribution in [3.8, 4) is 22.4 Å². The first-order valence-electron chi connectivity index (χ1n) is 18.9. The lowest BCUT2D eigenvalue weighted by molar-refractivity contribution is 0.00578. The van der Waals surface area contributed by atoms with Gasteiger partial charge in [0.25, 0.3) is 0 Å². The average molecular weight is 2010 g/mol. The van der Waals surface area contributed by atoms with Gasteiger partial charge in [-0.3, -0.25) is 0 Å². The van der Waals surface area contributed by atoms with Gasteiger partial charge in [0.2, 0.25) is 0 Å². The Labute approximate surface area is 617 Å². The van der Waals surface area contributed by atoms with Crippen LogP contribution in [-0.2, 0) is 458 Å². The molecule has 0 radical (unpaired) electrons. The van der Waals surface area contributed by atoms with Crippen LogP contribution in [0.25, 0.3) is 33.3 Å². The second-order valence-electron chi connectivity index (χ2n) is 12.4. The van der Waals surface area contributed by atoms with E-state index < -0.39 is 0 Å². The minimum Gasteiger partial charge on any atom is -0.399 e. The van der Waals surface area contributed by atoms with E-state index in [4.69, 9.17) is 36.7 Å². The van der Waals surface area contributed by atoms with E-state index in [9.17, 15) is 0 Å². The maximum absolute atomic E-state index is 6.19. The monoisotopic (exact) mass is 2010 g/mol. The van der Waals surface area contributed by atoms with Crippen molar-refractivity contribution in [1.82, 2.24) is 4.98 Å². The summed E-state index contributed by atoms with van der Waals surface area (Å²) in [6.45, 7) is 8.30. The third-order valence-electron chi connectivity index (χ3n) is 7.84. The Morgan fingerprint density at radius 3 is 0.889 bits per heavy atom. The Morgan fingerprint density at radius 1 is 0.321 bits per heavy atom. The summed E-state index contributed by atoms with van der Waals surface area (Å²) in [6.07, 6.45) is 0. The Kier molecular flexibility index (Phi) is 56.4. The van der Waals surface area contributed by atoms with Crippen molar-refractivity contribution in [2.24, 2.45) is 0 Å². The highest BCUT2D eigenvalue weighted by Gasteiger charge is 2.51. The van der Waals surface area contributed by atoms with Crippen LogP contribution in [0.1, 0.15) is 27.7 Å². The van der Waals surface area contributed by atoms with Gasteiger partial charge < -0.3 is 9.31 Å². The van der Waals surface area contributed by atoms with Crippen molar-refractivity contribution >= 4 is 472 Å². The normalized spacial score (nSPS) is 11.4. The molecule has 1 saturated heterocycles. The molecule has 0 atom stereocenters. The molecule has 0 amide bonds. The largest absolute Gasteiger partial charge is 0.494 e. The van der Waals surface area contributed by atoms with Crippen LogP contribution in [0.15, 0.2) is 84.9 Å². The van der Waals surface area contributed by atoms with E-state index in [0.29, 0.717) is 0 Å². The number of fused-ring (bicyclic) bond motifs is 1. The zero-order chi connectivity index (χ0) is 57.6. The molecule has 1 fully saturated rings. The highest BCUT2D eigenvalue weighted by atomic mass is 33.5. The molecule has 5 rings (SSSR count). The Balaban J connectivity index is 0.000000383. The Morgan fingerprint density at radius 2 is 0.593 bits per heavy atom. The van der Waals surface area contributed by atoms with E-state index in [1.54, 1.807) is 107 Å². The first-order valence-corrected chi connectivity index (χ1v) is 84.3. The smallest absolute Gasteiger partial charge is 0.399 e. The number of hydrogen-bond donors (Lipinski definition) is 0. The predicted molar refractivity (Wildman–Crippen MR) is 497 cm³/mol. The van der Waals surface area contributed by atoms with Gasteiger partial charge >= 0.3 is 7.12 Å². The van der Waals surface area contributed by atoms with Crippen LogP contribution in [0.2, 0.25) is 0 Å². The number of hydrogen-bond acceptors (Lipinski definition) is 5. The van der Waals surface area contributed by atoms with Gasteiger partial charge in [-0.1, -0.05) is 72.8 Å². The summed E-state index contributed by atoms with van der Waals surface area (Å²) >= 11 is 9.62. The number of rotatable bonds is 3. The molecule has 54 heteroatoms. The molecule has 1 aliphatic heterocycles. The molecular formula is C27H26BNO2S50. The zero-order valence-corrected chi connectivity index (χ0v) is 79.7. The summed E-state index contributed by atoms with van der Waals surface area (Å²) in [7, 11) is 85.4. The second kappa shape index (κ2) is 56.1. The molecule has 0 saturated carbocycles. The SMILES string of the molecule is CC1(C)OB(c2ccc(-c3cc(-c4ccccc4)c4ccccc4n3)cc2)OC1(C)C.S=S=S=S=S=S=S=S=S=S=S=S=S=S=S=S=S=S=S=S=S=S=S=S=S=S=S=S=S=S=S=S=S=S=S=S=S=S=S=S=S=S=S=S=S=S=S=S=S=S. The minimum atomic E-state index is -0.358. The molecule has 0 N–H and O–H groups in total. The fourth-order valence-corrected chi connectivity index (χ4v) is 131. The van der Waals surface area contributed by atoms with Crippen molar-refractivity contribution in [1.29, 1.82) is 0 Å². The number of nitrogens with zero attached hydrogens (tertiary/aromatic N) is 1. The summed E-state index contributed by atoms with van der Waals surface area (Å²) in [4.78, 5) is 4.94. The van der Waals surface area contributed by atoms with Crippen LogP contribution in [0.3, 0.4) is 0 Å². The average Bonchev–Trinajstić information content (AvgIpc) is 4.00. The molecule has 0 bridgehead atoms. The maximum atomic E-state index is 6.19. The maximum Gasteiger partial charge on any atom is 0.494 e. The van der Waals surface area contributed by atoms with E-state index in [1.165, 1.54) is 28.9 Å². The fourth-order valence-electron chi connectivity index (χ4n) is 4.49. The molecule has 2 heterocycles. The predicted octanol–water partition coefficient (Wildman–Crippen LogP) is 5.75. The molecule has 81 heavy (non-hydrogen) atoms. The molecule has 0 unspecified atom stereocenters. The van der Waals surface area contributed by atoms with E-state index in [2.05, 4.69) is 100 Å². The molecule has 454 valence electrons. The lowest BCUT2D eigenvalue weighted by Gasteiger charge is -2.32. The number of benzene rings is 3. The van der Waals surface area contributed by atoms with Gasteiger partial charge in [-0.05, 0) is 56.4 Å². The van der Waals surface area contributed by atoms with Gasteiger partial charge in [-0.25, -0.2) is 4.98 Å². The third-order valence-corrected chi connectivity index (χ3v) is 112. The van der Waals surface area contributed by atoms with E-state index in [0.717, 1.165) is 27.6 Å². The van der Waals surface area contributed by atoms with Crippen LogP contribution >= 0.6 is 0 Å². The van der Waals surface area contributed by atoms with Crippen LogP contribution in [0.5, 0.6) is 0 Å². The summed E-state index contributed by atoms with van der Waals surface area (Å²) in [5.41, 5.74) is 5.73. The number of para-hydroxylation sites is 1. The van der Waals surface area contributed by atoms with Crippen molar-refractivity contribution < 1.29 is 9.31 Å². The summed E-state index contributed by atoms with van der Waals surface area (Å²) in [6, 6.07) is 29.3. The molecule has 1 aromatic heterocycles. The topological polar surface area (TPSA) is 31.4 Å². The summed E-state index contributed by atoms with van der Waals surface area (Å²) in [5.74, 6) is 0. The van der Waals surface area contributed by atoms with Gasteiger partial charge in [0.05, 0.1) is 22.4 Å². The third kappa shape index (κ3) is 40.4. The van der Waals surface area contributed by atoms with Crippen molar-refractivity contribution in [3.63, 3.8) is 0 Å². The standard InChI is InChI=1S/C27H26BNO2.S50/c1-26(2)27(3,4)31-28(30-26)21-16-14-20(15-17-21)25-18-23(19-10-6-5-7-11-19)22-12-8-9-13-24(22)29-25;1-3-5-7-9-11-13-15-17-19-21-23-25-27-29-31-33-35-37-39-41-43-45-47-49-50-48-46-44-42-40-38-36-34-32-30-28-26-24-22-20-18-16-14-12-10-8-6-4-2/h5-18H,1-4H3;. The van der Waals surface area contributed by atoms with Crippen LogP contribution in [0.4, 0.5) is 0 Å². The summed E-state index contributed by atoms with van der Waals surface area (Å²) < 4.78 is 12.4. The zero-order valence-electron chi connectivity index (χ0n) is 38.8. The number of pyridine rings is 1. The molecule has 0 spiro atoms. The fraction of sp³-hybridized carbons (Fsp3) is 0.222. The first-order chi connectivity index (χ1) is 39.8. The van der Waals surface area contributed by atoms with E-state index in [1.807, 2.05) is 314 Å². The van der Waals surface area contributed by atoms with Gasteiger partial charge in [-0.15, -0.1) is 0 Å². The van der Waals surface area contributed by atoms with Gasteiger partial charge in [0.1, 0.15) is 0 Å². The van der Waals surface area contributed by atoms with Crippen molar-refractivity contribution in [2.45, 2.75) is 38.9 Å². The summed E-state index contributed by atoms with van der Waals surface area (Å²) in [5, 5.41) is 1.16. The first kappa shape index (κ1) is 81.5. The lowest BCUT2D eigenvalue weighted by Crippen LogP contribution is -2.41. The molecule has 4 aromatic rings. The molecule has 3 aromatic carbocycles. The van der Waals surface area contributed by atoms with Crippen LogP contribution < -0.4 is 5.46 Å². The molecule has 3 nitrogen and oxygen atoms in total. The molecular weight excluding hydrogens is 1980 g/mol. The van der Waals surface area contributed by atoms with Gasteiger partial charge in [0, 0.05) is 460 Å². The molecule has 1 aliphatic rings. The minimum absolute atomic E-state index is 0.346. The highest BCUT2D eigenvalue weighted by molar-refractivity contribution is 8.82. The van der Waals surface area contributed by atoms with Crippen LogP contribution in [-0.4, -0.2) is 23.3 Å². The van der Waals surface area contributed by atoms with Crippen molar-refractivity contribution in [3.05, 3.63) is 84.9 Å². The van der Waals surface area contributed by atoms with Crippen molar-refractivity contribution in [2.75, 3.05) is 0 Å². The lowest BCUT2D eigenvalue weighted by atomic mass is 9.78. The van der Waals surface area contributed by atoms with Crippen LogP contribution in [0, 0.1) is 0 Å². The Bertz CT molecular complexity index is 5080. The Hall–Kier alpha value is 8.05. The number of aromatic nitrogens is 1. The second-order valence-corrected chi connectivity index (χ2v) is 97.3. The van der Waals surface area contributed by atoms with Gasteiger partial charge in [-0.2, -0.15) is 0 Å². The quantitative estimate of drug-likeness (QED) is 0.245. The highest BCUT2D eigenvalue weighted by Crippen LogP contribution is 2.37.